The first-order valence-electron chi connectivity index (χ1n) is 7.98. The predicted molar refractivity (Wildman–Crippen MR) is 93.0 cm³/mol. The van der Waals surface area contributed by atoms with E-state index in [-0.39, 0.29) is 24.0 Å². The highest BCUT2D eigenvalue weighted by Gasteiger charge is 2.29. The Morgan fingerprint density at radius 1 is 1.00 bits per heavy atom. The molecule has 1 amide bonds. The molecule has 1 aliphatic carbocycles. The van der Waals surface area contributed by atoms with E-state index >= 15 is 0 Å². The minimum Gasteiger partial charge on any atom is -0.324 e. The maximum Gasteiger partial charge on any atom is 0.228 e. The zero-order valence-electron chi connectivity index (χ0n) is 13.0. The monoisotopic (exact) mass is 316 g/mol. The van der Waals surface area contributed by atoms with Crippen molar-refractivity contribution < 1.29 is 9.59 Å². The van der Waals surface area contributed by atoms with E-state index in [0.29, 0.717) is 12.1 Å². The fourth-order valence-electron chi connectivity index (χ4n) is 3.27. The number of carbonyl (C=O) groups is 2. The Morgan fingerprint density at radius 2 is 1.83 bits per heavy atom. The number of nitrogens with one attached hydrogen (secondary N) is 1. The van der Waals surface area contributed by atoms with E-state index in [1.54, 1.807) is 6.20 Å². The lowest BCUT2D eigenvalue weighted by molar-refractivity contribution is -0.119. The van der Waals surface area contributed by atoms with Gasteiger partial charge in [-0.3, -0.25) is 14.6 Å². The molecule has 1 aromatic heterocycles. The number of ketones is 1. The maximum atomic E-state index is 12.7. The molecular formula is C20H16N2O2. The number of benzene rings is 2. The van der Waals surface area contributed by atoms with E-state index in [1.807, 2.05) is 54.6 Å². The number of nitrogens with zero attached hydrogens (tertiary/aromatic N) is 1. The molecule has 1 aliphatic rings. The van der Waals surface area contributed by atoms with Crippen molar-refractivity contribution >= 4 is 28.3 Å². The van der Waals surface area contributed by atoms with E-state index in [1.165, 1.54) is 0 Å². The topological polar surface area (TPSA) is 59.1 Å². The second-order valence-electron chi connectivity index (χ2n) is 6.06. The molecule has 24 heavy (non-hydrogen) atoms. The summed E-state index contributed by atoms with van der Waals surface area (Å²) in [6.45, 7) is 0. The zero-order chi connectivity index (χ0) is 16.5. The van der Waals surface area contributed by atoms with Crippen molar-refractivity contribution in [2.75, 3.05) is 5.32 Å². The summed E-state index contributed by atoms with van der Waals surface area (Å²) < 4.78 is 0. The van der Waals surface area contributed by atoms with E-state index in [4.69, 9.17) is 0 Å². The van der Waals surface area contributed by atoms with Crippen LogP contribution in [0, 0.1) is 5.92 Å². The third-order valence-electron chi connectivity index (χ3n) is 4.48. The van der Waals surface area contributed by atoms with Crippen LogP contribution in [0.15, 0.2) is 60.8 Å². The van der Waals surface area contributed by atoms with Crippen LogP contribution < -0.4 is 5.32 Å². The van der Waals surface area contributed by atoms with Gasteiger partial charge in [0.05, 0.1) is 11.2 Å². The van der Waals surface area contributed by atoms with Crippen molar-refractivity contribution in [3.05, 3.63) is 71.9 Å². The minimum absolute atomic E-state index is 0.0352. The molecule has 0 radical (unpaired) electrons. The standard InChI is InChI=1S/C20H16N2O2/c23-18-12-15(11-14-5-1-2-8-16(14)18)20(24)22-17-9-3-6-13-7-4-10-21-19(13)17/h1-10,15H,11-12H2,(H,22,24). The van der Waals surface area contributed by atoms with Gasteiger partial charge in [-0.2, -0.15) is 0 Å². The van der Waals surface area contributed by atoms with Gasteiger partial charge in [-0.15, -0.1) is 0 Å². The summed E-state index contributed by atoms with van der Waals surface area (Å²) in [7, 11) is 0. The summed E-state index contributed by atoms with van der Waals surface area (Å²) >= 11 is 0. The number of hydrogen-bond donors (Lipinski definition) is 1. The molecule has 4 heteroatoms. The number of amides is 1. The smallest absolute Gasteiger partial charge is 0.228 e. The van der Waals surface area contributed by atoms with Gasteiger partial charge in [0.2, 0.25) is 5.91 Å². The van der Waals surface area contributed by atoms with Gasteiger partial charge in [0, 0.05) is 29.5 Å². The molecule has 1 N–H and O–H groups in total. The minimum atomic E-state index is -0.341. The lowest BCUT2D eigenvalue weighted by Gasteiger charge is -2.23. The first-order valence-corrected chi connectivity index (χ1v) is 7.98. The number of fused-ring (bicyclic) bond motifs is 2. The number of hydrogen-bond acceptors (Lipinski definition) is 3. The van der Waals surface area contributed by atoms with Crippen LogP contribution >= 0.6 is 0 Å². The largest absolute Gasteiger partial charge is 0.324 e. The van der Waals surface area contributed by atoms with Crippen molar-refractivity contribution in [2.24, 2.45) is 5.92 Å². The average Bonchev–Trinajstić information content (AvgIpc) is 2.62. The van der Waals surface area contributed by atoms with E-state index < -0.39 is 0 Å². The van der Waals surface area contributed by atoms with Crippen LogP contribution in [0.2, 0.25) is 0 Å². The second-order valence-corrected chi connectivity index (χ2v) is 6.06. The molecule has 0 saturated heterocycles. The van der Waals surface area contributed by atoms with Crippen LogP contribution in [0.5, 0.6) is 0 Å². The van der Waals surface area contributed by atoms with Crippen LogP contribution in [0.1, 0.15) is 22.3 Å². The summed E-state index contributed by atoms with van der Waals surface area (Å²) in [6, 6.07) is 17.0. The highest BCUT2D eigenvalue weighted by atomic mass is 16.2. The Bertz CT molecular complexity index is 944. The molecule has 1 atom stereocenters. The van der Waals surface area contributed by atoms with Gasteiger partial charge in [0.25, 0.3) is 0 Å². The Hall–Kier alpha value is -3.01. The number of para-hydroxylation sites is 1. The molecule has 118 valence electrons. The first-order chi connectivity index (χ1) is 11.7. The molecule has 0 bridgehead atoms. The van der Waals surface area contributed by atoms with Crippen molar-refractivity contribution in [1.29, 1.82) is 0 Å². The normalized spacial score (nSPS) is 16.7. The quantitative estimate of drug-likeness (QED) is 0.785. The molecule has 1 heterocycles. The van der Waals surface area contributed by atoms with Crippen LogP contribution in [-0.4, -0.2) is 16.7 Å². The number of carbonyl (C=O) groups excluding carboxylic acids is 2. The number of anilines is 1. The molecular weight excluding hydrogens is 300 g/mol. The summed E-state index contributed by atoms with van der Waals surface area (Å²) in [6.07, 6.45) is 2.55. The SMILES string of the molecule is O=C1CC(C(=O)Nc2cccc3cccnc23)Cc2ccccc21. The number of pyridine rings is 1. The van der Waals surface area contributed by atoms with Gasteiger partial charge >= 0.3 is 0 Å². The fourth-order valence-corrected chi connectivity index (χ4v) is 3.27. The van der Waals surface area contributed by atoms with Crippen LogP contribution in [0.25, 0.3) is 10.9 Å². The summed E-state index contributed by atoms with van der Waals surface area (Å²) in [4.78, 5) is 29.3. The molecule has 2 aromatic carbocycles. The average molecular weight is 316 g/mol. The van der Waals surface area contributed by atoms with Gasteiger partial charge < -0.3 is 5.32 Å². The maximum absolute atomic E-state index is 12.7. The molecule has 4 nitrogen and oxygen atoms in total. The van der Waals surface area contributed by atoms with E-state index in [9.17, 15) is 9.59 Å². The van der Waals surface area contributed by atoms with Crippen LogP contribution in [-0.2, 0) is 11.2 Å². The predicted octanol–water partition coefficient (Wildman–Crippen LogP) is 3.62. The third kappa shape index (κ3) is 2.56. The summed E-state index contributed by atoms with van der Waals surface area (Å²) in [5.41, 5.74) is 3.14. The lowest BCUT2D eigenvalue weighted by atomic mass is 9.82. The van der Waals surface area contributed by atoms with Gasteiger partial charge in [0.15, 0.2) is 5.78 Å². The molecule has 3 aromatic rings. The van der Waals surface area contributed by atoms with Crippen molar-refractivity contribution in [3.63, 3.8) is 0 Å². The molecule has 0 fully saturated rings. The summed E-state index contributed by atoms with van der Waals surface area (Å²) in [5, 5.41) is 3.92. The Balaban J connectivity index is 1.60. The van der Waals surface area contributed by atoms with Crippen LogP contribution in [0.3, 0.4) is 0 Å². The van der Waals surface area contributed by atoms with E-state index in [2.05, 4.69) is 10.3 Å². The Labute approximate surface area is 139 Å². The van der Waals surface area contributed by atoms with Crippen molar-refractivity contribution in [3.8, 4) is 0 Å². The van der Waals surface area contributed by atoms with Gasteiger partial charge in [-0.25, -0.2) is 0 Å². The Morgan fingerprint density at radius 3 is 2.75 bits per heavy atom. The Kier molecular flexibility index (Phi) is 3.58. The highest BCUT2D eigenvalue weighted by Crippen LogP contribution is 2.27. The van der Waals surface area contributed by atoms with Crippen molar-refractivity contribution in [2.45, 2.75) is 12.8 Å². The molecule has 1 unspecified atom stereocenters. The zero-order valence-corrected chi connectivity index (χ0v) is 13.0. The third-order valence-corrected chi connectivity index (χ3v) is 4.48. The number of rotatable bonds is 2. The van der Waals surface area contributed by atoms with Gasteiger partial charge in [-0.1, -0.05) is 42.5 Å². The second kappa shape index (κ2) is 5.89. The fraction of sp³-hybridized carbons (Fsp3) is 0.150. The van der Waals surface area contributed by atoms with E-state index in [0.717, 1.165) is 22.0 Å². The number of Topliss-reactive ketones (excluding diaryl/α,β-unsaturated/α-hetero) is 1. The van der Waals surface area contributed by atoms with Crippen LogP contribution in [0.4, 0.5) is 5.69 Å². The number of aromatic nitrogens is 1. The molecule has 0 aliphatic heterocycles. The van der Waals surface area contributed by atoms with Gasteiger partial charge in [-0.05, 0) is 24.1 Å². The first kappa shape index (κ1) is 14.6. The highest BCUT2D eigenvalue weighted by molar-refractivity contribution is 6.06. The molecule has 4 rings (SSSR count). The molecule has 0 saturated carbocycles. The summed E-state index contributed by atoms with van der Waals surface area (Å²) in [5.74, 6) is -0.435. The van der Waals surface area contributed by atoms with Crippen molar-refractivity contribution in [1.82, 2.24) is 4.98 Å². The molecule has 0 spiro atoms. The van der Waals surface area contributed by atoms with Gasteiger partial charge in [0.1, 0.15) is 0 Å². The lowest BCUT2D eigenvalue weighted by Crippen LogP contribution is -2.31.